The van der Waals surface area contributed by atoms with Crippen LogP contribution in [0.3, 0.4) is 0 Å². The van der Waals surface area contributed by atoms with Crippen molar-refractivity contribution in [1.29, 1.82) is 0 Å². The molecule has 2 heterocycles. The Morgan fingerprint density at radius 1 is 1.08 bits per heavy atom. The minimum atomic E-state index is 0.343. The maximum Gasteiger partial charge on any atom is 0.132 e. The van der Waals surface area contributed by atoms with E-state index in [1.165, 1.54) is 50.9 Å². The summed E-state index contributed by atoms with van der Waals surface area (Å²) in [5.74, 6) is 3.49. The summed E-state index contributed by atoms with van der Waals surface area (Å²) in [6.45, 7) is 9.62. The Balaban J connectivity index is 1.44. The van der Waals surface area contributed by atoms with Crippen LogP contribution in [-0.4, -0.2) is 40.3 Å². The Kier molecular flexibility index (Phi) is 6.21. The van der Waals surface area contributed by atoms with Gasteiger partial charge in [0.2, 0.25) is 0 Å². The van der Waals surface area contributed by atoms with Crippen LogP contribution in [0, 0.1) is 11.8 Å². The van der Waals surface area contributed by atoms with E-state index in [1.54, 1.807) is 6.92 Å². The van der Waals surface area contributed by atoms with Crippen LogP contribution in [0.1, 0.15) is 82.5 Å². The molecule has 3 rings (SSSR count). The standard InChI is InChI=1S/C21H33N3O/c1-15(2)21-22-12-20(13-23-21)19-8-10-24(11-9-19)14-17-4-6-18(7-5-17)16(3)25/h12-13,15,17-19H,4-11,14H2,1-3H3. The van der Waals surface area contributed by atoms with Gasteiger partial charge in [-0.1, -0.05) is 13.8 Å². The second-order valence-corrected chi connectivity index (χ2v) is 8.43. The number of ketones is 1. The first kappa shape index (κ1) is 18.5. The molecule has 0 spiro atoms. The first-order valence-corrected chi connectivity index (χ1v) is 10.1. The van der Waals surface area contributed by atoms with Crippen molar-refractivity contribution in [3.8, 4) is 0 Å². The maximum atomic E-state index is 11.5. The second-order valence-electron chi connectivity index (χ2n) is 8.43. The lowest BCUT2D eigenvalue weighted by Gasteiger charge is -2.36. The highest BCUT2D eigenvalue weighted by molar-refractivity contribution is 5.78. The molecule has 2 fully saturated rings. The molecule has 138 valence electrons. The molecular weight excluding hydrogens is 310 g/mol. The van der Waals surface area contributed by atoms with Crippen LogP contribution in [0.2, 0.25) is 0 Å². The van der Waals surface area contributed by atoms with Crippen molar-refractivity contribution in [2.45, 2.75) is 71.1 Å². The van der Waals surface area contributed by atoms with Crippen molar-refractivity contribution in [1.82, 2.24) is 14.9 Å². The van der Waals surface area contributed by atoms with Gasteiger partial charge in [-0.3, -0.25) is 4.79 Å². The highest BCUT2D eigenvalue weighted by Gasteiger charge is 2.27. The number of hydrogen-bond acceptors (Lipinski definition) is 4. The molecule has 1 aliphatic heterocycles. The molecular formula is C21H33N3O. The molecule has 4 heteroatoms. The van der Waals surface area contributed by atoms with E-state index >= 15 is 0 Å². The van der Waals surface area contributed by atoms with Gasteiger partial charge in [-0.05, 0) is 75.9 Å². The smallest absolute Gasteiger partial charge is 0.132 e. The molecule has 0 bridgehead atoms. The summed E-state index contributed by atoms with van der Waals surface area (Å²) in [4.78, 5) is 23.2. The van der Waals surface area contributed by atoms with Gasteiger partial charge in [0.05, 0.1) is 0 Å². The highest BCUT2D eigenvalue weighted by atomic mass is 16.1. The predicted molar refractivity (Wildman–Crippen MR) is 101 cm³/mol. The van der Waals surface area contributed by atoms with Gasteiger partial charge >= 0.3 is 0 Å². The summed E-state index contributed by atoms with van der Waals surface area (Å²) in [7, 11) is 0. The van der Waals surface area contributed by atoms with Crippen LogP contribution >= 0.6 is 0 Å². The number of piperidine rings is 1. The molecule has 1 aromatic heterocycles. The summed E-state index contributed by atoms with van der Waals surface area (Å²) >= 11 is 0. The van der Waals surface area contributed by atoms with Crippen LogP contribution in [0.4, 0.5) is 0 Å². The minimum absolute atomic E-state index is 0.343. The van der Waals surface area contributed by atoms with E-state index in [2.05, 4.69) is 28.7 Å². The first-order chi connectivity index (χ1) is 12.0. The zero-order valence-corrected chi connectivity index (χ0v) is 16.1. The number of nitrogens with zero attached hydrogens (tertiary/aromatic N) is 3. The van der Waals surface area contributed by atoms with Crippen LogP contribution in [0.15, 0.2) is 12.4 Å². The molecule has 1 saturated carbocycles. The molecule has 0 aromatic carbocycles. The highest BCUT2D eigenvalue weighted by Crippen LogP contribution is 2.32. The van der Waals surface area contributed by atoms with E-state index in [1.807, 2.05) is 12.4 Å². The van der Waals surface area contributed by atoms with E-state index in [9.17, 15) is 4.79 Å². The summed E-state index contributed by atoms with van der Waals surface area (Å²) in [6.07, 6.45) is 11.2. The molecule has 1 aromatic rings. The molecule has 0 unspecified atom stereocenters. The largest absolute Gasteiger partial charge is 0.303 e. The van der Waals surface area contributed by atoms with Gasteiger partial charge in [0, 0.05) is 30.8 Å². The Morgan fingerprint density at radius 3 is 2.20 bits per heavy atom. The lowest BCUT2D eigenvalue weighted by Crippen LogP contribution is -2.37. The third kappa shape index (κ3) is 4.87. The Hall–Kier alpha value is -1.29. The Labute approximate surface area is 152 Å². The van der Waals surface area contributed by atoms with Crippen molar-refractivity contribution >= 4 is 5.78 Å². The van der Waals surface area contributed by atoms with Crippen molar-refractivity contribution in [2.24, 2.45) is 11.8 Å². The molecule has 0 N–H and O–H groups in total. The van der Waals surface area contributed by atoms with Gasteiger partial charge in [0.1, 0.15) is 11.6 Å². The Morgan fingerprint density at radius 2 is 1.68 bits per heavy atom. The van der Waals surface area contributed by atoms with Crippen molar-refractivity contribution in [2.75, 3.05) is 19.6 Å². The average Bonchev–Trinajstić information content (AvgIpc) is 2.63. The van der Waals surface area contributed by atoms with E-state index in [4.69, 9.17) is 0 Å². The summed E-state index contributed by atoms with van der Waals surface area (Å²) in [6, 6.07) is 0. The monoisotopic (exact) mass is 343 g/mol. The van der Waals surface area contributed by atoms with Gasteiger partial charge in [-0.25, -0.2) is 9.97 Å². The van der Waals surface area contributed by atoms with Crippen LogP contribution in [0.25, 0.3) is 0 Å². The number of likely N-dealkylation sites (tertiary alicyclic amines) is 1. The van der Waals surface area contributed by atoms with Gasteiger partial charge in [-0.2, -0.15) is 0 Å². The normalized spacial score (nSPS) is 26.1. The molecule has 2 aliphatic rings. The number of carbonyl (C=O) groups excluding carboxylic acids is 1. The third-order valence-corrected chi connectivity index (χ3v) is 6.21. The van der Waals surface area contributed by atoms with Gasteiger partial charge in [0.15, 0.2) is 0 Å². The lowest BCUT2D eigenvalue weighted by atomic mass is 9.80. The molecule has 0 atom stereocenters. The van der Waals surface area contributed by atoms with E-state index < -0.39 is 0 Å². The van der Waals surface area contributed by atoms with Crippen molar-refractivity contribution in [3.05, 3.63) is 23.8 Å². The SMILES string of the molecule is CC(=O)C1CCC(CN2CCC(c3cnc(C(C)C)nc3)CC2)CC1. The molecule has 0 amide bonds. The molecule has 4 nitrogen and oxygen atoms in total. The fourth-order valence-corrected chi connectivity index (χ4v) is 4.42. The Bertz CT molecular complexity index is 553. The minimum Gasteiger partial charge on any atom is -0.303 e. The maximum absolute atomic E-state index is 11.5. The number of Topliss-reactive ketones (excluding diaryl/α,β-unsaturated/α-hetero) is 1. The number of carbonyl (C=O) groups is 1. The molecule has 0 radical (unpaired) electrons. The van der Waals surface area contributed by atoms with Crippen molar-refractivity contribution < 1.29 is 4.79 Å². The van der Waals surface area contributed by atoms with Gasteiger partial charge in [0.25, 0.3) is 0 Å². The molecule has 25 heavy (non-hydrogen) atoms. The van der Waals surface area contributed by atoms with Gasteiger partial charge in [-0.15, -0.1) is 0 Å². The summed E-state index contributed by atoms with van der Waals surface area (Å²) < 4.78 is 0. The van der Waals surface area contributed by atoms with Crippen LogP contribution < -0.4 is 0 Å². The molecule has 1 aliphatic carbocycles. The lowest BCUT2D eigenvalue weighted by molar-refractivity contribution is -0.121. The fourth-order valence-electron chi connectivity index (χ4n) is 4.42. The number of rotatable bonds is 5. The van der Waals surface area contributed by atoms with E-state index in [0.29, 0.717) is 23.5 Å². The van der Waals surface area contributed by atoms with Gasteiger partial charge < -0.3 is 4.90 Å². The zero-order chi connectivity index (χ0) is 17.8. The first-order valence-electron chi connectivity index (χ1n) is 10.1. The zero-order valence-electron chi connectivity index (χ0n) is 16.1. The summed E-state index contributed by atoms with van der Waals surface area (Å²) in [5.41, 5.74) is 1.31. The molecule has 1 saturated heterocycles. The summed E-state index contributed by atoms with van der Waals surface area (Å²) in [5, 5.41) is 0. The van der Waals surface area contributed by atoms with Crippen LogP contribution in [-0.2, 0) is 4.79 Å². The fraction of sp³-hybridized carbons (Fsp3) is 0.762. The number of hydrogen-bond donors (Lipinski definition) is 0. The van der Waals surface area contributed by atoms with Crippen molar-refractivity contribution in [3.63, 3.8) is 0 Å². The third-order valence-electron chi connectivity index (χ3n) is 6.21. The topological polar surface area (TPSA) is 46.1 Å². The van der Waals surface area contributed by atoms with E-state index in [-0.39, 0.29) is 0 Å². The quantitative estimate of drug-likeness (QED) is 0.805. The average molecular weight is 344 g/mol. The second kappa shape index (κ2) is 8.39. The predicted octanol–water partition coefficient (Wildman–Crippen LogP) is 4.17. The van der Waals surface area contributed by atoms with E-state index in [0.717, 1.165) is 24.6 Å². The number of aromatic nitrogens is 2. The van der Waals surface area contributed by atoms with Crippen LogP contribution in [0.5, 0.6) is 0 Å².